The minimum atomic E-state index is -4.37. The first-order valence-corrected chi connectivity index (χ1v) is 5.33. The molecule has 18 heavy (non-hydrogen) atoms. The third-order valence-electron chi connectivity index (χ3n) is 2.17. The predicted molar refractivity (Wildman–Crippen MR) is 64.2 cm³/mol. The maximum atomic E-state index is 12.6. The summed E-state index contributed by atoms with van der Waals surface area (Å²) in [5, 5.41) is 2.77. The molecule has 1 aromatic rings. The number of allylic oxidation sites excluding steroid dienone is 2. The summed E-state index contributed by atoms with van der Waals surface area (Å²) in [7, 11) is 0. The molecule has 0 aromatic heterocycles. The number of hydrogen-bond acceptors (Lipinski definition) is 2. The molecule has 0 aliphatic rings. The van der Waals surface area contributed by atoms with E-state index in [1.807, 2.05) is 0 Å². The van der Waals surface area contributed by atoms with E-state index in [2.05, 4.69) is 5.32 Å². The van der Waals surface area contributed by atoms with Crippen LogP contribution in [0.1, 0.15) is 25.0 Å². The molecule has 1 rings (SSSR count). The number of benzene rings is 1. The lowest BCUT2D eigenvalue weighted by molar-refractivity contribution is -0.137. The van der Waals surface area contributed by atoms with Crippen LogP contribution in [-0.2, 0) is 11.0 Å². The Hall–Kier alpha value is -1.78. The third-order valence-corrected chi connectivity index (χ3v) is 2.17. The normalized spacial score (nSPS) is 12.4. The molecule has 0 radical (unpaired) electrons. The molecule has 98 valence electrons. The highest BCUT2D eigenvalue weighted by Crippen LogP contribution is 2.32. The van der Waals surface area contributed by atoms with Crippen LogP contribution in [0.5, 0.6) is 0 Å². The number of halogens is 3. The molecular weight excluding hydrogens is 243 g/mol. The van der Waals surface area contributed by atoms with Crippen molar-refractivity contribution in [3.05, 3.63) is 41.1 Å². The summed E-state index contributed by atoms with van der Waals surface area (Å²) in [6.45, 7) is 4.59. The minimum absolute atomic E-state index is 0.163. The number of rotatable bonds is 3. The molecule has 0 atom stereocenters. The predicted octanol–water partition coefficient (Wildman–Crippen LogP) is 3.92. The number of nitrogens with one attached hydrogen (secondary N) is 1. The van der Waals surface area contributed by atoms with Gasteiger partial charge in [-0.3, -0.25) is 4.79 Å². The van der Waals surface area contributed by atoms with Crippen LogP contribution in [-0.4, -0.2) is 5.78 Å². The lowest BCUT2D eigenvalue weighted by atomic mass is 10.1. The summed E-state index contributed by atoms with van der Waals surface area (Å²) in [6, 6.07) is 3.69. The first-order chi connectivity index (χ1) is 8.18. The van der Waals surface area contributed by atoms with Crippen LogP contribution in [0, 0.1) is 6.92 Å². The molecular formula is C13H14F3NO. The number of carbonyl (C=O) groups is 1. The molecule has 2 nitrogen and oxygen atoms in total. The highest BCUT2D eigenvalue weighted by atomic mass is 19.4. The van der Waals surface area contributed by atoms with Gasteiger partial charge < -0.3 is 5.32 Å². The Kier molecular flexibility index (Phi) is 4.16. The fourth-order valence-electron chi connectivity index (χ4n) is 1.59. The number of carbonyl (C=O) groups excluding carboxylic acids is 1. The van der Waals surface area contributed by atoms with Gasteiger partial charge in [-0.1, -0.05) is 0 Å². The van der Waals surface area contributed by atoms with Gasteiger partial charge in [-0.25, -0.2) is 0 Å². The van der Waals surface area contributed by atoms with E-state index in [9.17, 15) is 18.0 Å². The van der Waals surface area contributed by atoms with E-state index in [1.165, 1.54) is 13.0 Å². The van der Waals surface area contributed by atoms with Crippen molar-refractivity contribution < 1.29 is 18.0 Å². The van der Waals surface area contributed by atoms with Gasteiger partial charge in [-0.15, -0.1) is 0 Å². The van der Waals surface area contributed by atoms with Crippen molar-refractivity contribution in [2.24, 2.45) is 0 Å². The summed E-state index contributed by atoms with van der Waals surface area (Å²) in [5.74, 6) is -0.163. The van der Waals surface area contributed by atoms with Gasteiger partial charge in [0.05, 0.1) is 5.56 Å². The SMILES string of the molecule is CC(=O)/C=C(\C)Nc1cc(C)cc(C(F)(F)F)c1. The Morgan fingerprint density at radius 1 is 1.22 bits per heavy atom. The molecule has 5 heteroatoms. The minimum Gasteiger partial charge on any atom is -0.359 e. The zero-order valence-corrected chi connectivity index (χ0v) is 10.4. The number of anilines is 1. The first kappa shape index (κ1) is 14.3. The lowest BCUT2D eigenvalue weighted by Gasteiger charge is -2.12. The van der Waals surface area contributed by atoms with Gasteiger partial charge in [0.15, 0.2) is 5.78 Å². The van der Waals surface area contributed by atoms with Crippen LogP contribution in [0.25, 0.3) is 0 Å². The second-order valence-corrected chi connectivity index (χ2v) is 4.15. The highest BCUT2D eigenvalue weighted by Gasteiger charge is 2.30. The molecule has 1 N–H and O–H groups in total. The fourth-order valence-corrected chi connectivity index (χ4v) is 1.59. The summed E-state index contributed by atoms with van der Waals surface area (Å²) in [5.41, 5.74) is 0.613. The fraction of sp³-hybridized carbons (Fsp3) is 0.308. The lowest BCUT2D eigenvalue weighted by Crippen LogP contribution is -2.07. The molecule has 0 aliphatic heterocycles. The van der Waals surface area contributed by atoms with E-state index in [4.69, 9.17) is 0 Å². The van der Waals surface area contributed by atoms with Crippen LogP contribution in [0.4, 0.5) is 18.9 Å². The standard InChI is InChI=1S/C13H14F3NO/c1-8-4-11(13(14,15)16)7-12(5-8)17-9(2)6-10(3)18/h4-7,17H,1-3H3/b9-6+. The van der Waals surface area contributed by atoms with Crippen molar-refractivity contribution in [2.45, 2.75) is 26.9 Å². The number of hydrogen-bond donors (Lipinski definition) is 1. The van der Waals surface area contributed by atoms with E-state index >= 15 is 0 Å². The van der Waals surface area contributed by atoms with Gasteiger partial charge >= 0.3 is 6.18 Å². The molecule has 0 aliphatic carbocycles. The topological polar surface area (TPSA) is 29.1 Å². The van der Waals surface area contributed by atoms with Gasteiger partial charge in [-0.05, 0) is 50.6 Å². The number of aryl methyl sites for hydroxylation is 1. The van der Waals surface area contributed by atoms with Gasteiger partial charge in [0.25, 0.3) is 0 Å². The molecule has 1 aromatic carbocycles. The summed E-state index contributed by atoms with van der Waals surface area (Å²) in [4.78, 5) is 10.8. The molecule has 0 fully saturated rings. The molecule has 0 saturated heterocycles. The molecule has 0 spiro atoms. The van der Waals surface area contributed by atoms with Crippen molar-refractivity contribution in [2.75, 3.05) is 5.32 Å². The van der Waals surface area contributed by atoms with E-state index in [0.29, 0.717) is 16.9 Å². The second kappa shape index (κ2) is 5.25. The van der Waals surface area contributed by atoms with Crippen LogP contribution in [0.2, 0.25) is 0 Å². The maximum Gasteiger partial charge on any atom is 0.416 e. The summed E-state index contributed by atoms with van der Waals surface area (Å²) < 4.78 is 37.8. The van der Waals surface area contributed by atoms with E-state index in [0.717, 1.165) is 12.1 Å². The largest absolute Gasteiger partial charge is 0.416 e. The maximum absolute atomic E-state index is 12.6. The van der Waals surface area contributed by atoms with Crippen molar-refractivity contribution in [3.63, 3.8) is 0 Å². The van der Waals surface area contributed by atoms with E-state index in [-0.39, 0.29) is 5.78 Å². The second-order valence-electron chi connectivity index (χ2n) is 4.15. The van der Waals surface area contributed by atoms with Gasteiger partial charge in [-0.2, -0.15) is 13.2 Å². The summed E-state index contributed by atoms with van der Waals surface area (Å²) >= 11 is 0. The van der Waals surface area contributed by atoms with Gasteiger partial charge in [0, 0.05) is 11.4 Å². The average molecular weight is 257 g/mol. The number of ketones is 1. The molecule has 0 saturated carbocycles. The Bertz CT molecular complexity index is 489. The Balaban J connectivity index is 3.04. The van der Waals surface area contributed by atoms with Crippen molar-refractivity contribution in [3.8, 4) is 0 Å². The van der Waals surface area contributed by atoms with Crippen LogP contribution in [0.15, 0.2) is 30.0 Å². The summed E-state index contributed by atoms with van der Waals surface area (Å²) in [6.07, 6.45) is -3.05. The zero-order chi connectivity index (χ0) is 13.9. The Labute approximate surface area is 104 Å². The van der Waals surface area contributed by atoms with Crippen molar-refractivity contribution in [1.29, 1.82) is 0 Å². The molecule has 0 amide bonds. The Morgan fingerprint density at radius 3 is 2.33 bits per heavy atom. The van der Waals surface area contributed by atoms with Crippen molar-refractivity contribution >= 4 is 11.5 Å². The van der Waals surface area contributed by atoms with E-state index in [1.54, 1.807) is 19.9 Å². The van der Waals surface area contributed by atoms with Crippen molar-refractivity contribution in [1.82, 2.24) is 0 Å². The zero-order valence-electron chi connectivity index (χ0n) is 10.4. The van der Waals surface area contributed by atoms with E-state index < -0.39 is 11.7 Å². The average Bonchev–Trinajstić information content (AvgIpc) is 2.13. The van der Waals surface area contributed by atoms with Crippen LogP contribution in [0.3, 0.4) is 0 Å². The Morgan fingerprint density at radius 2 is 1.83 bits per heavy atom. The van der Waals surface area contributed by atoms with Crippen LogP contribution >= 0.6 is 0 Å². The monoisotopic (exact) mass is 257 g/mol. The molecule has 0 bridgehead atoms. The quantitative estimate of drug-likeness (QED) is 0.831. The molecule has 0 unspecified atom stereocenters. The van der Waals surface area contributed by atoms with Crippen LogP contribution < -0.4 is 5.32 Å². The third kappa shape index (κ3) is 4.24. The van der Waals surface area contributed by atoms with Gasteiger partial charge in [0.1, 0.15) is 0 Å². The number of alkyl halides is 3. The highest BCUT2D eigenvalue weighted by molar-refractivity contribution is 5.88. The first-order valence-electron chi connectivity index (χ1n) is 5.33. The molecule has 0 heterocycles. The van der Waals surface area contributed by atoms with Gasteiger partial charge in [0.2, 0.25) is 0 Å². The smallest absolute Gasteiger partial charge is 0.359 e.